The fourth-order valence-electron chi connectivity index (χ4n) is 2.55. The van der Waals surface area contributed by atoms with E-state index in [9.17, 15) is 9.59 Å². The number of carbonyl (C=O) groups is 2. The third-order valence-corrected chi connectivity index (χ3v) is 3.79. The van der Waals surface area contributed by atoms with Crippen LogP contribution in [0, 0.1) is 11.3 Å². The molecule has 1 aliphatic rings. The Balaban J connectivity index is 1.70. The lowest BCUT2D eigenvalue weighted by Gasteiger charge is -2.15. The van der Waals surface area contributed by atoms with E-state index in [1.807, 2.05) is 6.07 Å². The zero-order valence-corrected chi connectivity index (χ0v) is 12.5. The summed E-state index contributed by atoms with van der Waals surface area (Å²) < 4.78 is 0. The first-order valence-corrected chi connectivity index (χ1v) is 7.39. The summed E-state index contributed by atoms with van der Waals surface area (Å²) in [6.07, 6.45) is 1.46. The quantitative estimate of drug-likeness (QED) is 0.947. The Morgan fingerprint density at radius 2 is 1.78 bits per heavy atom. The molecule has 0 radical (unpaired) electrons. The van der Waals surface area contributed by atoms with E-state index in [1.165, 1.54) is 0 Å². The minimum absolute atomic E-state index is 0.125. The molecule has 5 heteroatoms. The van der Waals surface area contributed by atoms with Gasteiger partial charge in [0.05, 0.1) is 11.6 Å². The van der Waals surface area contributed by atoms with Crippen LogP contribution in [0.15, 0.2) is 48.5 Å². The highest BCUT2D eigenvalue weighted by Gasteiger charge is 2.21. The predicted molar refractivity (Wildman–Crippen MR) is 87.1 cm³/mol. The Morgan fingerprint density at radius 1 is 1.09 bits per heavy atom. The zero-order chi connectivity index (χ0) is 16.2. The van der Waals surface area contributed by atoms with E-state index >= 15 is 0 Å². The maximum Gasteiger partial charge on any atom is 0.255 e. The first kappa shape index (κ1) is 14.8. The van der Waals surface area contributed by atoms with Crippen molar-refractivity contribution in [2.45, 2.75) is 12.8 Å². The molecular formula is C18H15N3O2. The number of nitrogens with zero attached hydrogens (tertiary/aromatic N) is 2. The normalized spacial score (nSPS) is 13.7. The average Bonchev–Trinajstić information content (AvgIpc) is 3.02. The van der Waals surface area contributed by atoms with Crippen LogP contribution >= 0.6 is 0 Å². The van der Waals surface area contributed by atoms with Crippen molar-refractivity contribution in [2.24, 2.45) is 0 Å². The van der Waals surface area contributed by atoms with Gasteiger partial charge in [-0.1, -0.05) is 0 Å². The molecule has 2 aromatic carbocycles. The number of anilines is 2. The molecule has 114 valence electrons. The van der Waals surface area contributed by atoms with Crippen molar-refractivity contribution in [3.05, 3.63) is 59.7 Å². The molecule has 0 spiro atoms. The van der Waals surface area contributed by atoms with Crippen LogP contribution in [0.1, 0.15) is 28.8 Å². The van der Waals surface area contributed by atoms with Crippen molar-refractivity contribution >= 4 is 23.2 Å². The van der Waals surface area contributed by atoms with E-state index in [0.29, 0.717) is 23.2 Å². The summed E-state index contributed by atoms with van der Waals surface area (Å²) >= 11 is 0. The number of hydrogen-bond donors (Lipinski definition) is 1. The van der Waals surface area contributed by atoms with Crippen molar-refractivity contribution in [2.75, 3.05) is 16.8 Å². The lowest BCUT2D eigenvalue weighted by Crippen LogP contribution is -2.23. The highest BCUT2D eigenvalue weighted by atomic mass is 16.2. The summed E-state index contributed by atoms with van der Waals surface area (Å²) in [5.41, 5.74) is 2.52. The topological polar surface area (TPSA) is 73.2 Å². The minimum atomic E-state index is -0.228. The number of benzene rings is 2. The molecule has 3 rings (SSSR count). The van der Waals surface area contributed by atoms with Gasteiger partial charge in [0, 0.05) is 29.9 Å². The molecule has 23 heavy (non-hydrogen) atoms. The first-order chi connectivity index (χ1) is 11.2. The average molecular weight is 305 g/mol. The van der Waals surface area contributed by atoms with E-state index in [2.05, 4.69) is 5.32 Å². The molecule has 0 saturated carbocycles. The summed E-state index contributed by atoms with van der Waals surface area (Å²) in [5, 5.41) is 11.5. The summed E-state index contributed by atoms with van der Waals surface area (Å²) in [7, 11) is 0. The Morgan fingerprint density at radius 3 is 2.35 bits per heavy atom. The summed E-state index contributed by atoms with van der Waals surface area (Å²) in [6, 6.07) is 15.7. The second-order valence-electron chi connectivity index (χ2n) is 5.34. The van der Waals surface area contributed by atoms with Crippen LogP contribution in [-0.2, 0) is 4.79 Å². The van der Waals surface area contributed by atoms with E-state index in [1.54, 1.807) is 53.4 Å². The summed E-state index contributed by atoms with van der Waals surface area (Å²) in [6.45, 7) is 0.732. The number of hydrogen-bond acceptors (Lipinski definition) is 3. The SMILES string of the molecule is N#Cc1ccc(NC(=O)c2ccc(N3CCCC3=O)cc2)cc1. The van der Waals surface area contributed by atoms with Crippen molar-refractivity contribution in [1.82, 2.24) is 0 Å². The Kier molecular flexibility index (Phi) is 4.07. The van der Waals surface area contributed by atoms with Gasteiger partial charge in [-0.25, -0.2) is 0 Å². The molecular weight excluding hydrogens is 290 g/mol. The van der Waals surface area contributed by atoms with Crippen molar-refractivity contribution in [1.29, 1.82) is 5.26 Å². The fourth-order valence-corrected chi connectivity index (χ4v) is 2.55. The van der Waals surface area contributed by atoms with Crippen LogP contribution in [0.25, 0.3) is 0 Å². The van der Waals surface area contributed by atoms with Crippen molar-refractivity contribution in [3.8, 4) is 6.07 Å². The standard InChI is InChI=1S/C18H15N3O2/c19-12-13-3-7-15(8-4-13)20-18(23)14-5-9-16(10-6-14)21-11-1-2-17(21)22/h3-10H,1-2,11H2,(H,20,23). The molecule has 0 aliphatic carbocycles. The maximum atomic E-state index is 12.2. The number of nitrogens with one attached hydrogen (secondary N) is 1. The largest absolute Gasteiger partial charge is 0.322 e. The van der Waals surface area contributed by atoms with Crippen LogP contribution < -0.4 is 10.2 Å². The van der Waals surface area contributed by atoms with E-state index in [0.717, 1.165) is 18.7 Å². The van der Waals surface area contributed by atoms with Gasteiger partial charge in [0.2, 0.25) is 5.91 Å². The Labute approximate surface area is 134 Å². The molecule has 0 atom stereocenters. The molecule has 1 N–H and O–H groups in total. The molecule has 1 saturated heterocycles. The van der Waals surface area contributed by atoms with Gasteiger partial charge in [-0.2, -0.15) is 5.26 Å². The Hall–Kier alpha value is -3.13. The van der Waals surface area contributed by atoms with Gasteiger partial charge >= 0.3 is 0 Å². The monoisotopic (exact) mass is 305 g/mol. The molecule has 2 aromatic rings. The number of carbonyl (C=O) groups excluding carboxylic acids is 2. The van der Waals surface area contributed by atoms with Crippen LogP contribution in [0.2, 0.25) is 0 Å². The summed E-state index contributed by atoms with van der Waals surface area (Å²) in [4.78, 5) is 25.7. The van der Waals surface area contributed by atoms with E-state index in [-0.39, 0.29) is 11.8 Å². The van der Waals surface area contributed by atoms with Crippen LogP contribution in [-0.4, -0.2) is 18.4 Å². The van der Waals surface area contributed by atoms with Gasteiger partial charge in [-0.05, 0) is 55.0 Å². The molecule has 0 bridgehead atoms. The third-order valence-electron chi connectivity index (χ3n) is 3.79. The molecule has 0 unspecified atom stereocenters. The van der Waals surface area contributed by atoms with Gasteiger partial charge in [0.1, 0.15) is 0 Å². The van der Waals surface area contributed by atoms with Gasteiger partial charge in [-0.3, -0.25) is 9.59 Å². The molecule has 1 fully saturated rings. The minimum Gasteiger partial charge on any atom is -0.322 e. The number of nitriles is 1. The van der Waals surface area contributed by atoms with Crippen LogP contribution in [0.5, 0.6) is 0 Å². The Bertz CT molecular complexity index is 773. The second kappa shape index (κ2) is 6.32. The number of rotatable bonds is 3. The van der Waals surface area contributed by atoms with Gasteiger partial charge in [0.25, 0.3) is 5.91 Å². The molecule has 1 heterocycles. The third kappa shape index (κ3) is 3.22. The summed E-state index contributed by atoms with van der Waals surface area (Å²) in [5.74, 6) is -0.103. The fraction of sp³-hybridized carbons (Fsp3) is 0.167. The molecule has 0 aromatic heterocycles. The molecule has 5 nitrogen and oxygen atoms in total. The first-order valence-electron chi connectivity index (χ1n) is 7.39. The van der Waals surface area contributed by atoms with Gasteiger partial charge < -0.3 is 10.2 Å². The maximum absolute atomic E-state index is 12.2. The molecule has 2 amide bonds. The highest BCUT2D eigenvalue weighted by molar-refractivity contribution is 6.04. The molecule has 1 aliphatic heterocycles. The lowest BCUT2D eigenvalue weighted by molar-refractivity contribution is -0.117. The lowest BCUT2D eigenvalue weighted by atomic mass is 10.1. The van der Waals surface area contributed by atoms with E-state index < -0.39 is 0 Å². The predicted octanol–water partition coefficient (Wildman–Crippen LogP) is 2.94. The van der Waals surface area contributed by atoms with Crippen LogP contribution in [0.4, 0.5) is 11.4 Å². The van der Waals surface area contributed by atoms with Gasteiger partial charge in [0.15, 0.2) is 0 Å². The number of amides is 2. The zero-order valence-electron chi connectivity index (χ0n) is 12.5. The highest BCUT2D eigenvalue weighted by Crippen LogP contribution is 2.22. The van der Waals surface area contributed by atoms with Crippen LogP contribution in [0.3, 0.4) is 0 Å². The second-order valence-corrected chi connectivity index (χ2v) is 5.34. The smallest absolute Gasteiger partial charge is 0.255 e. The van der Waals surface area contributed by atoms with Crippen molar-refractivity contribution < 1.29 is 9.59 Å². The van der Waals surface area contributed by atoms with Gasteiger partial charge in [-0.15, -0.1) is 0 Å². The van der Waals surface area contributed by atoms with E-state index in [4.69, 9.17) is 5.26 Å². The van der Waals surface area contributed by atoms with Crippen molar-refractivity contribution in [3.63, 3.8) is 0 Å².